The lowest BCUT2D eigenvalue weighted by atomic mass is 9.91. The number of ether oxygens (including phenoxy) is 1. The third-order valence-corrected chi connectivity index (χ3v) is 4.64. The monoisotopic (exact) mass is 371 g/mol. The molecule has 0 aliphatic heterocycles. The number of hydrogen-bond acceptors (Lipinski definition) is 8. The van der Waals surface area contributed by atoms with Crippen molar-refractivity contribution in [2.75, 3.05) is 17.7 Å². The summed E-state index contributed by atoms with van der Waals surface area (Å²) in [6.07, 6.45) is 7.32. The molecule has 0 radical (unpaired) electrons. The number of aromatic nitrogens is 3. The lowest BCUT2D eigenvalue weighted by Crippen LogP contribution is -2.42. The molecule has 0 bridgehead atoms. The van der Waals surface area contributed by atoms with E-state index in [2.05, 4.69) is 25.6 Å². The molecule has 9 heteroatoms. The van der Waals surface area contributed by atoms with Gasteiger partial charge in [-0.15, -0.1) is 0 Å². The van der Waals surface area contributed by atoms with Crippen molar-refractivity contribution in [3.05, 3.63) is 29.7 Å². The Kier molecular flexibility index (Phi) is 5.70. The number of nitrogens with two attached hydrogens (primary N) is 2. The minimum atomic E-state index is -0.663. The van der Waals surface area contributed by atoms with E-state index in [0.29, 0.717) is 17.4 Å². The van der Waals surface area contributed by atoms with Gasteiger partial charge >= 0.3 is 0 Å². The number of anilines is 3. The standard InChI is InChI=1S/C18H25N7O2/c1-10-7-11(8-22-18(10)27-2)23-17-15(16(20)26)21-9-14(25-17)24-13-6-4-3-5-12(13)19/h7-9,12-13H,3-6,19H2,1-2H3,(H2,20,26)(H2,23,24,25)/t12-,13+/m0/s1. The molecule has 2 aromatic heterocycles. The van der Waals surface area contributed by atoms with Gasteiger partial charge in [0.05, 0.1) is 25.2 Å². The first-order valence-electron chi connectivity index (χ1n) is 8.94. The summed E-state index contributed by atoms with van der Waals surface area (Å²) in [5, 5.41) is 6.40. The van der Waals surface area contributed by atoms with Crippen LogP contribution in [0, 0.1) is 6.92 Å². The van der Waals surface area contributed by atoms with Gasteiger partial charge in [-0.25, -0.2) is 15.0 Å². The van der Waals surface area contributed by atoms with Crippen molar-refractivity contribution < 1.29 is 9.53 Å². The molecule has 144 valence electrons. The Morgan fingerprint density at radius 1 is 1.26 bits per heavy atom. The Morgan fingerprint density at radius 3 is 2.70 bits per heavy atom. The fraction of sp³-hybridized carbons (Fsp3) is 0.444. The highest BCUT2D eigenvalue weighted by Gasteiger charge is 2.23. The van der Waals surface area contributed by atoms with Gasteiger partial charge in [0, 0.05) is 17.6 Å². The van der Waals surface area contributed by atoms with Crippen LogP contribution < -0.4 is 26.8 Å². The van der Waals surface area contributed by atoms with Gasteiger partial charge in [-0.05, 0) is 25.8 Å². The number of nitrogens with zero attached hydrogens (tertiary/aromatic N) is 3. The van der Waals surface area contributed by atoms with Crippen LogP contribution in [0.2, 0.25) is 0 Å². The smallest absolute Gasteiger partial charge is 0.271 e. The largest absolute Gasteiger partial charge is 0.481 e. The normalized spacial score (nSPS) is 19.4. The number of carbonyl (C=O) groups is 1. The maximum absolute atomic E-state index is 11.7. The van der Waals surface area contributed by atoms with E-state index in [0.717, 1.165) is 31.2 Å². The maximum atomic E-state index is 11.7. The number of pyridine rings is 1. The number of methoxy groups -OCH3 is 1. The molecule has 1 fully saturated rings. The Morgan fingerprint density at radius 2 is 2.04 bits per heavy atom. The second-order valence-electron chi connectivity index (χ2n) is 6.69. The second kappa shape index (κ2) is 8.17. The minimum Gasteiger partial charge on any atom is -0.481 e. The lowest BCUT2D eigenvalue weighted by Gasteiger charge is -2.29. The van der Waals surface area contributed by atoms with Gasteiger partial charge in [0.25, 0.3) is 5.91 Å². The molecule has 2 aromatic rings. The molecule has 2 atom stereocenters. The predicted molar refractivity (Wildman–Crippen MR) is 103 cm³/mol. The van der Waals surface area contributed by atoms with E-state index in [1.54, 1.807) is 13.3 Å². The number of nitrogens with one attached hydrogen (secondary N) is 2. The average Bonchev–Trinajstić information content (AvgIpc) is 2.64. The van der Waals surface area contributed by atoms with E-state index in [1.807, 2.05) is 13.0 Å². The number of hydrogen-bond donors (Lipinski definition) is 4. The van der Waals surface area contributed by atoms with Gasteiger partial charge in [0.15, 0.2) is 11.5 Å². The second-order valence-corrected chi connectivity index (χ2v) is 6.69. The van der Waals surface area contributed by atoms with Crippen LogP contribution in [0.25, 0.3) is 0 Å². The number of carbonyl (C=O) groups excluding carboxylic acids is 1. The summed E-state index contributed by atoms with van der Waals surface area (Å²) in [4.78, 5) is 24.6. The molecular formula is C18H25N7O2. The zero-order chi connectivity index (χ0) is 19.4. The van der Waals surface area contributed by atoms with Crippen LogP contribution in [0.4, 0.5) is 17.3 Å². The van der Waals surface area contributed by atoms with Crippen LogP contribution in [0.5, 0.6) is 5.88 Å². The molecule has 2 heterocycles. The molecule has 9 nitrogen and oxygen atoms in total. The van der Waals surface area contributed by atoms with Crippen molar-refractivity contribution in [1.29, 1.82) is 0 Å². The fourth-order valence-corrected chi connectivity index (χ4v) is 3.24. The van der Waals surface area contributed by atoms with Crippen LogP contribution in [-0.2, 0) is 0 Å². The third kappa shape index (κ3) is 4.43. The molecule has 0 unspecified atom stereocenters. The van der Waals surface area contributed by atoms with Crippen molar-refractivity contribution in [2.45, 2.75) is 44.7 Å². The zero-order valence-electron chi connectivity index (χ0n) is 15.5. The third-order valence-electron chi connectivity index (χ3n) is 4.64. The van der Waals surface area contributed by atoms with Crippen molar-refractivity contribution in [1.82, 2.24) is 15.0 Å². The Balaban J connectivity index is 1.85. The van der Waals surface area contributed by atoms with Crippen LogP contribution in [-0.4, -0.2) is 40.1 Å². The summed E-state index contributed by atoms with van der Waals surface area (Å²) in [6, 6.07) is 2.04. The summed E-state index contributed by atoms with van der Waals surface area (Å²) in [6.45, 7) is 1.88. The van der Waals surface area contributed by atoms with Gasteiger partial charge in [-0.3, -0.25) is 4.79 Å². The summed E-state index contributed by atoms with van der Waals surface area (Å²) in [5.74, 6) is 0.680. The Bertz CT molecular complexity index is 827. The topological polar surface area (TPSA) is 141 Å². The molecule has 6 N–H and O–H groups in total. The minimum absolute atomic E-state index is 0.0574. The first-order valence-corrected chi connectivity index (χ1v) is 8.94. The fourth-order valence-electron chi connectivity index (χ4n) is 3.24. The van der Waals surface area contributed by atoms with Gasteiger partial charge in [0.1, 0.15) is 5.82 Å². The molecule has 0 spiro atoms. The molecule has 1 aliphatic carbocycles. The van der Waals surface area contributed by atoms with Crippen LogP contribution in [0.3, 0.4) is 0 Å². The van der Waals surface area contributed by atoms with Gasteiger partial charge in [-0.1, -0.05) is 12.8 Å². The maximum Gasteiger partial charge on any atom is 0.271 e. The number of primary amides is 1. The SMILES string of the molecule is COc1ncc(Nc2nc(N[C@@H]3CCCC[C@@H]3N)cnc2C(N)=O)cc1C. The van der Waals surface area contributed by atoms with E-state index < -0.39 is 5.91 Å². The summed E-state index contributed by atoms with van der Waals surface area (Å²) in [5.41, 5.74) is 13.2. The molecule has 1 saturated carbocycles. The summed E-state index contributed by atoms with van der Waals surface area (Å²) < 4.78 is 5.16. The molecule has 3 rings (SSSR count). The Labute approximate surface area is 157 Å². The molecule has 27 heavy (non-hydrogen) atoms. The molecule has 1 amide bonds. The van der Waals surface area contributed by atoms with E-state index in [4.69, 9.17) is 16.2 Å². The van der Waals surface area contributed by atoms with Crippen LogP contribution in [0.1, 0.15) is 41.7 Å². The van der Waals surface area contributed by atoms with Gasteiger partial charge in [-0.2, -0.15) is 0 Å². The summed E-state index contributed by atoms with van der Waals surface area (Å²) in [7, 11) is 1.56. The van der Waals surface area contributed by atoms with E-state index in [9.17, 15) is 4.79 Å². The number of rotatable bonds is 6. The molecule has 1 aliphatic rings. The van der Waals surface area contributed by atoms with Crippen molar-refractivity contribution in [2.24, 2.45) is 11.5 Å². The van der Waals surface area contributed by atoms with E-state index in [1.165, 1.54) is 6.20 Å². The molecule has 0 aromatic carbocycles. The molecular weight excluding hydrogens is 346 g/mol. The van der Waals surface area contributed by atoms with Crippen LogP contribution >= 0.6 is 0 Å². The first kappa shape index (κ1) is 18.8. The van der Waals surface area contributed by atoms with Gasteiger partial charge in [0.2, 0.25) is 5.88 Å². The van der Waals surface area contributed by atoms with Crippen molar-refractivity contribution in [3.8, 4) is 5.88 Å². The number of amides is 1. The first-order chi connectivity index (χ1) is 13.0. The lowest BCUT2D eigenvalue weighted by molar-refractivity contribution is 0.0996. The van der Waals surface area contributed by atoms with Crippen LogP contribution in [0.15, 0.2) is 18.5 Å². The summed E-state index contributed by atoms with van der Waals surface area (Å²) >= 11 is 0. The van der Waals surface area contributed by atoms with Crippen molar-refractivity contribution >= 4 is 23.2 Å². The van der Waals surface area contributed by atoms with E-state index >= 15 is 0 Å². The Hall–Kier alpha value is -2.94. The van der Waals surface area contributed by atoms with Crippen molar-refractivity contribution in [3.63, 3.8) is 0 Å². The quantitative estimate of drug-likeness (QED) is 0.601. The highest BCUT2D eigenvalue weighted by Crippen LogP contribution is 2.24. The highest BCUT2D eigenvalue weighted by molar-refractivity contribution is 5.96. The average molecular weight is 371 g/mol. The van der Waals surface area contributed by atoms with Gasteiger partial charge < -0.3 is 26.8 Å². The number of aryl methyl sites for hydroxylation is 1. The van der Waals surface area contributed by atoms with E-state index in [-0.39, 0.29) is 23.6 Å². The predicted octanol–water partition coefficient (Wildman–Crippen LogP) is 1.71. The zero-order valence-corrected chi connectivity index (χ0v) is 15.5. The molecule has 0 saturated heterocycles. The highest BCUT2D eigenvalue weighted by atomic mass is 16.5.